The maximum absolute atomic E-state index is 6.06. The molecular weight excluding hydrogens is 240 g/mol. The minimum atomic E-state index is 0.606. The number of benzene rings is 1. The molecule has 0 atom stereocenters. The first-order chi connectivity index (χ1) is 7.70. The van der Waals surface area contributed by atoms with Crippen LogP contribution in [0.2, 0.25) is 5.15 Å². The van der Waals surface area contributed by atoms with E-state index in [9.17, 15) is 0 Å². The van der Waals surface area contributed by atoms with Crippen molar-refractivity contribution in [1.29, 1.82) is 0 Å². The van der Waals surface area contributed by atoms with Gasteiger partial charge in [-0.3, -0.25) is 0 Å². The van der Waals surface area contributed by atoms with Crippen LogP contribution in [-0.2, 0) is 6.54 Å². The molecule has 0 saturated carbocycles. The first kappa shape index (κ1) is 11.6. The van der Waals surface area contributed by atoms with E-state index in [0.29, 0.717) is 5.15 Å². The fourth-order valence-corrected chi connectivity index (χ4v) is 2.71. The lowest BCUT2D eigenvalue weighted by Gasteiger charge is -1.96. The summed E-state index contributed by atoms with van der Waals surface area (Å²) < 4.78 is 0. The molecule has 0 radical (unpaired) electrons. The van der Waals surface area contributed by atoms with Crippen LogP contribution in [0.15, 0.2) is 24.3 Å². The highest BCUT2D eigenvalue weighted by Gasteiger charge is 2.09. The molecular formula is C12H13ClN2S. The Labute approximate surface area is 104 Å². The van der Waals surface area contributed by atoms with Gasteiger partial charge in [0.05, 0.1) is 4.88 Å². The lowest BCUT2D eigenvalue weighted by atomic mass is 10.2. The van der Waals surface area contributed by atoms with Crippen molar-refractivity contribution in [3.05, 3.63) is 39.9 Å². The predicted octanol–water partition coefficient (Wildman–Crippen LogP) is 3.49. The molecule has 0 bridgehead atoms. The highest BCUT2D eigenvalue weighted by molar-refractivity contribution is 7.15. The zero-order valence-corrected chi connectivity index (χ0v) is 10.8. The van der Waals surface area contributed by atoms with Crippen molar-refractivity contribution in [3.8, 4) is 10.6 Å². The maximum Gasteiger partial charge on any atom is 0.145 e. The van der Waals surface area contributed by atoms with E-state index in [0.717, 1.165) is 22.0 Å². The van der Waals surface area contributed by atoms with Gasteiger partial charge in [0.2, 0.25) is 0 Å². The summed E-state index contributed by atoms with van der Waals surface area (Å²) in [5.74, 6) is 0. The van der Waals surface area contributed by atoms with Crippen molar-refractivity contribution >= 4 is 22.9 Å². The van der Waals surface area contributed by atoms with E-state index in [1.807, 2.05) is 7.05 Å². The van der Waals surface area contributed by atoms with Crippen LogP contribution in [0.5, 0.6) is 0 Å². The van der Waals surface area contributed by atoms with Gasteiger partial charge in [-0.1, -0.05) is 41.4 Å². The lowest BCUT2D eigenvalue weighted by Crippen LogP contribution is -2.03. The molecule has 1 aromatic carbocycles. The van der Waals surface area contributed by atoms with E-state index >= 15 is 0 Å². The summed E-state index contributed by atoms with van der Waals surface area (Å²) in [4.78, 5) is 5.46. The second-order valence-electron chi connectivity index (χ2n) is 3.63. The molecule has 0 aliphatic carbocycles. The number of nitrogens with zero attached hydrogens (tertiary/aromatic N) is 1. The monoisotopic (exact) mass is 252 g/mol. The second-order valence-corrected chi connectivity index (χ2v) is 5.07. The standard InChI is InChI=1S/C12H13ClN2S/c1-8-3-5-9(6-4-8)12-15-11(13)10(16-12)7-14-2/h3-6,14H,7H2,1-2H3. The summed E-state index contributed by atoms with van der Waals surface area (Å²) >= 11 is 7.70. The minimum absolute atomic E-state index is 0.606. The maximum atomic E-state index is 6.06. The second kappa shape index (κ2) is 4.95. The Kier molecular flexibility index (Phi) is 3.59. The van der Waals surface area contributed by atoms with Gasteiger partial charge >= 0.3 is 0 Å². The summed E-state index contributed by atoms with van der Waals surface area (Å²) in [6, 6.07) is 8.33. The average Bonchev–Trinajstić information content (AvgIpc) is 2.62. The zero-order chi connectivity index (χ0) is 11.5. The van der Waals surface area contributed by atoms with E-state index in [-0.39, 0.29) is 0 Å². The Morgan fingerprint density at radius 2 is 2.00 bits per heavy atom. The molecule has 1 N–H and O–H groups in total. The zero-order valence-electron chi connectivity index (χ0n) is 9.25. The molecule has 0 amide bonds. The molecule has 0 fully saturated rings. The topological polar surface area (TPSA) is 24.9 Å². The van der Waals surface area contributed by atoms with Crippen LogP contribution in [0, 0.1) is 6.92 Å². The SMILES string of the molecule is CNCc1sc(-c2ccc(C)cc2)nc1Cl. The first-order valence-corrected chi connectivity index (χ1v) is 6.27. The number of thiazole rings is 1. The molecule has 2 nitrogen and oxygen atoms in total. The van der Waals surface area contributed by atoms with E-state index in [1.165, 1.54) is 5.56 Å². The summed E-state index contributed by atoms with van der Waals surface area (Å²) in [6.07, 6.45) is 0. The molecule has 0 aliphatic rings. The molecule has 0 saturated heterocycles. The van der Waals surface area contributed by atoms with Crippen molar-refractivity contribution in [2.24, 2.45) is 0 Å². The van der Waals surface area contributed by atoms with Crippen LogP contribution >= 0.6 is 22.9 Å². The number of rotatable bonds is 3. The van der Waals surface area contributed by atoms with Crippen molar-refractivity contribution in [2.45, 2.75) is 13.5 Å². The van der Waals surface area contributed by atoms with Crippen LogP contribution in [0.25, 0.3) is 10.6 Å². The largest absolute Gasteiger partial charge is 0.315 e. The van der Waals surface area contributed by atoms with Gasteiger partial charge in [-0.05, 0) is 14.0 Å². The molecule has 0 aliphatic heterocycles. The van der Waals surface area contributed by atoms with Crippen LogP contribution in [0.1, 0.15) is 10.4 Å². The molecule has 0 unspecified atom stereocenters. The predicted molar refractivity (Wildman–Crippen MR) is 70.1 cm³/mol. The van der Waals surface area contributed by atoms with E-state index in [2.05, 4.69) is 41.5 Å². The number of hydrogen-bond acceptors (Lipinski definition) is 3. The van der Waals surface area contributed by atoms with Crippen LogP contribution in [0.4, 0.5) is 0 Å². The van der Waals surface area contributed by atoms with Crippen LogP contribution in [-0.4, -0.2) is 12.0 Å². The summed E-state index contributed by atoms with van der Waals surface area (Å²) in [7, 11) is 1.90. The van der Waals surface area contributed by atoms with Gasteiger partial charge in [-0.25, -0.2) is 4.98 Å². The normalized spacial score (nSPS) is 10.7. The van der Waals surface area contributed by atoms with Crippen molar-refractivity contribution in [3.63, 3.8) is 0 Å². The van der Waals surface area contributed by atoms with Crippen molar-refractivity contribution in [1.82, 2.24) is 10.3 Å². The number of aryl methyl sites for hydroxylation is 1. The number of aromatic nitrogens is 1. The van der Waals surface area contributed by atoms with Crippen molar-refractivity contribution in [2.75, 3.05) is 7.05 Å². The fraction of sp³-hybridized carbons (Fsp3) is 0.250. The number of nitrogens with one attached hydrogen (secondary N) is 1. The molecule has 84 valence electrons. The van der Waals surface area contributed by atoms with E-state index in [1.54, 1.807) is 11.3 Å². The number of hydrogen-bond donors (Lipinski definition) is 1. The Hall–Kier alpha value is -0.900. The summed E-state index contributed by atoms with van der Waals surface area (Å²) in [6.45, 7) is 2.84. The summed E-state index contributed by atoms with van der Waals surface area (Å²) in [5, 5.41) is 4.67. The van der Waals surface area contributed by atoms with E-state index < -0.39 is 0 Å². The quantitative estimate of drug-likeness (QED) is 0.905. The van der Waals surface area contributed by atoms with E-state index in [4.69, 9.17) is 11.6 Å². The number of halogens is 1. The molecule has 16 heavy (non-hydrogen) atoms. The molecule has 2 aromatic rings. The fourth-order valence-electron chi connectivity index (χ4n) is 1.42. The smallest absolute Gasteiger partial charge is 0.145 e. The third-order valence-corrected chi connectivity index (χ3v) is 3.81. The van der Waals surface area contributed by atoms with Gasteiger partial charge in [0.1, 0.15) is 10.2 Å². The molecule has 1 heterocycles. The Balaban J connectivity index is 2.33. The first-order valence-electron chi connectivity index (χ1n) is 5.07. The highest BCUT2D eigenvalue weighted by atomic mass is 35.5. The van der Waals surface area contributed by atoms with Gasteiger partial charge in [0.25, 0.3) is 0 Å². The average molecular weight is 253 g/mol. The lowest BCUT2D eigenvalue weighted by molar-refractivity contribution is 0.829. The Morgan fingerprint density at radius 3 is 2.62 bits per heavy atom. The van der Waals surface area contributed by atoms with Crippen molar-refractivity contribution < 1.29 is 0 Å². The van der Waals surface area contributed by atoms with Crippen LogP contribution in [0.3, 0.4) is 0 Å². The Bertz CT molecular complexity index is 476. The van der Waals surface area contributed by atoms with Crippen LogP contribution < -0.4 is 5.32 Å². The Morgan fingerprint density at radius 1 is 1.31 bits per heavy atom. The highest BCUT2D eigenvalue weighted by Crippen LogP contribution is 2.30. The van der Waals surface area contributed by atoms with Gasteiger partial charge < -0.3 is 5.32 Å². The van der Waals surface area contributed by atoms with Gasteiger partial charge in [-0.2, -0.15) is 0 Å². The molecule has 1 aromatic heterocycles. The molecule has 4 heteroatoms. The molecule has 2 rings (SSSR count). The van der Waals surface area contributed by atoms with Gasteiger partial charge in [0, 0.05) is 12.1 Å². The summed E-state index contributed by atoms with van der Waals surface area (Å²) in [5.41, 5.74) is 2.38. The van der Waals surface area contributed by atoms with Gasteiger partial charge in [0.15, 0.2) is 0 Å². The van der Waals surface area contributed by atoms with Gasteiger partial charge in [-0.15, -0.1) is 11.3 Å². The minimum Gasteiger partial charge on any atom is -0.315 e. The third-order valence-electron chi connectivity index (χ3n) is 2.29. The molecule has 0 spiro atoms. The third kappa shape index (κ3) is 2.43.